The van der Waals surface area contributed by atoms with Gasteiger partial charge in [0.25, 0.3) is 0 Å². The Bertz CT molecular complexity index is 1020. The van der Waals surface area contributed by atoms with E-state index < -0.39 is 0 Å². The number of nitrogens with zero attached hydrogens (tertiary/aromatic N) is 3. The molecule has 5 heteroatoms. The van der Waals surface area contributed by atoms with Gasteiger partial charge < -0.3 is 14.6 Å². The van der Waals surface area contributed by atoms with Crippen LogP contribution in [0.15, 0.2) is 36.5 Å². The van der Waals surface area contributed by atoms with Crippen LogP contribution in [0.3, 0.4) is 0 Å². The number of hydrogen-bond donors (Lipinski definition) is 1. The molecule has 0 aliphatic carbocycles. The van der Waals surface area contributed by atoms with Gasteiger partial charge in [-0.25, -0.2) is 4.98 Å². The number of carbonyl (C=O) groups is 1. The van der Waals surface area contributed by atoms with Crippen molar-refractivity contribution < 1.29 is 4.79 Å². The quantitative estimate of drug-likeness (QED) is 0.539. The lowest BCUT2D eigenvalue weighted by atomic mass is 10.0. The smallest absolute Gasteiger partial charge is 0.226 e. The summed E-state index contributed by atoms with van der Waals surface area (Å²) in [6.07, 6.45) is 3.28. The van der Waals surface area contributed by atoms with Gasteiger partial charge in [0.2, 0.25) is 5.91 Å². The van der Waals surface area contributed by atoms with E-state index in [-0.39, 0.29) is 5.91 Å². The molecule has 0 aliphatic rings. The molecule has 1 amide bonds. The van der Waals surface area contributed by atoms with Gasteiger partial charge in [-0.2, -0.15) is 0 Å². The van der Waals surface area contributed by atoms with Crippen molar-refractivity contribution >= 4 is 11.6 Å². The number of benzene rings is 1. The van der Waals surface area contributed by atoms with Crippen molar-refractivity contribution in [3.05, 3.63) is 58.9 Å². The van der Waals surface area contributed by atoms with E-state index in [9.17, 15) is 4.79 Å². The Balaban J connectivity index is 1.82. The van der Waals surface area contributed by atoms with Gasteiger partial charge in [0, 0.05) is 18.3 Å². The number of rotatable bonds is 9. The average Bonchev–Trinajstić information content (AvgIpc) is 3.10. The van der Waals surface area contributed by atoms with Crippen molar-refractivity contribution in [1.82, 2.24) is 19.6 Å². The summed E-state index contributed by atoms with van der Waals surface area (Å²) in [6.45, 7) is 14.4. The van der Waals surface area contributed by atoms with Crippen molar-refractivity contribution in [3.63, 3.8) is 0 Å². The molecular weight excluding hydrogens is 372 g/mol. The predicted molar refractivity (Wildman–Crippen MR) is 124 cm³/mol. The molecule has 2 heterocycles. The summed E-state index contributed by atoms with van der Waals surface area (Å²) in [5.74, 6) is 0.0444. The standard InChI is InChI=1S/C25H34N4O/c1-6-28(7-2)14-9-13-26-23(30)17-22-24(21-12-11-18(3)20(5)16-21)27-25-19(4)10-8-15-29(22)25/h8,10-12,15-16H,6-7,9,13-14,17H2,1-5H3,(H,26,30). The number of carbonyl (C=O) groups excluding carboxylic acids is 1. The van der Waals surface area contributed by atoms with Crippen molar-refractivity contribution in [2.45, 2.75) is 47.5 Å². The highest BCUT2D eigenvalue weighted by Crippen LogP contribution is 2.27. The van der Waals surface area contributed by atoms with Gasteiger partial charge in [-0.15, -0.1) is 0 Å². The maximum absolute atomic E-state index is 12.8. The van der Waals surface area contributed by atoms with Gasteiger partial charge in [-0.1, -0.05) is 32.0 Å². The molecule has 1 N–H and O–H groups in total. The van der Waals surface area contributed by atoms with Crippen molar-refractivity contribution in [2.24, 2.45) is 0 Å². The SMILES string of the molecule is CCN(CC)CCCNC(=O)Cc1c(-c2ccc(C)c(C)c2)nc2c(C)cccn12. The number of aryl methyl sites for hydroxylation is 3. The highest BCUT2D eigenvalue weighted by Gasteiger charge is 2.18. The van der Waals surface area contributed by atoms with Crippen molar-refractivity contribution in [2.75, 3.05) is 26.2 Å². The minimum absolute atomic E-state index is 0.0444. The van der Waals surface area contributed by atoms with Crippen LogP contribution in [0, 0.1) is 20.8 Å². The maximum Gasteiger partial charge on any atom is 0.226 e. The summed E-state index contributed by atoms with van der Waals surface area (Å²) in [7, 11) is 0. The Labute approximate surface area is 180 Å². The molecule has 5 nitrogen and oxygen atoms in total. The predicted octanol–water partition coefficient (Wildman–Crippen LogP) is 4.32. The molecule has 3 rings (SSSR count). The number of nitrogens with one attached hydrogen (secondary N) is 1. The zero-order chi connectivity index (χ0) is 21.7. The average molecular weight is 407 g/mol. The molecule has 0 aliphatic heterocycles. The topological polar surface area (TPSA) is 49.6 Å². The molecule has 160 valence electrons. The van der Waals surface area contributed by atoms with Crippen LogP contribution in [0.1, 0.15) is 42.7 Å². The fraction of sp³-hybridized carbons (Fsp3) is 0.440. The maximum atomic E-state index is 12.8. The van der Waals surface area contributed by atoms with E-state index in [4.69, 9.17) is 4.98 Å². The Morgan fingerprint density at radius 3 is 2.53 bits per heavy atom. The van der Waals surface area contributed by atoms with Gasteiger partial charge in [0.05, 0.1) is 17.8 Å². The number of imidazole rings is 1. The van der Waals surface area contributed by atoms with Crippen LogP contribution in [-0.4, -0.2) is 46.4 Å². The Morgan fingerprint density at radius 2 is 1.83 bits per heavy atom. The first kappa shape index (κ1) is 22.0. The van der Waals surface area contributed by atoms with Crippen LogP contribution in [-0.2, 0) is 11.2 Å². The molecule has 0 unspecified atom stereocenters. The Hall–Kier alpha value is -2.66. The summed E-state index contributed by atoms with van der Waals surface area (Å²) in [4.78, 5) is 20.1. The zero-order valence-corrected chi connectivity index (χ0v) is 19.0. The van der Waals surface area contributed by atoms with Crippen molar-refractivity contribution in [1.29, 1.82) is 0 Å². The van der Waals surface area contributed by atoms with Crippen LogP contribution in [0.4, 0.5) is 0 Å². The lowest BCUT2D eigenvalue weighted by molar-refractivity contribution is -0.120. The van der Waals surface area contributed by atoms with Crippen LogP contribution in [0.2, 0.25) is 0 Å². The lowest BCUT2D eigenvalue weighted by Gasteiger charge is -2.17. The number of fused-ring (bicyclic) bond motifs is 1. The molecule has 0 radical (unpaired) electrons. The highest BCUT2D eigenvalue weighted by molar-refractivity contribution is 5.82. The third-order valence-electron chi connectivity index (χ3n) is 5.92. The summed E-state index contributed by atoms with van der Waals surface area (Å²) in [5.41, 5.74) is 7.40. The second-order valence-electron chi connectivity index (χ2n) is 8.00. The second-order valence-corrected chi connectivity index (χ2v) is 8.00. The van der Waals surface area contributed by atoms with E-state index >= 15 is 0 Å². The minimum Gasteiger partial charge on any atom is -0.356 e. The molecule has 1 aromatic carbocycles. The Morgan fingerprint density at radius 1 is 1.07 bits per heavy atom. The van der Waals surface area contributed by atoms with E-state index in [1.165, 1.54) is 11.1 Å². The molecule has 2 aromatic heterocycles. The molecular formula is C25H34N4O. The normalized spacial score (nSPS) is 11.4. The van der Waals surface area contributed by atoms with E-state index in [0.717, 1.165) is 54.2 Å². The first-order valence-electron chi connectivity index (χ1n) is 11.0. The number of aromatic nitrogens is 2. The molecule has 0 saturated heterocycles. The lowest BCUT2D eigenvalue weighted by Crippen LogP contribution is -2.31. The van der Waals surface area contributed by atoms with Gasteiger partial charge in [-0.05, 0) is 75.6 Å². The van der Waals surface area contributed by atoms with Gasteiger partial charge in [0.15, 0.2) is 0 Å². The summed E-state index contributed by atoms with van der Waals surface area (Å²) in [6, 6.07) is 10.5. The molecule has 30 heavy (non-hydrogen) atoms. The fourth-order valence-electron chi connectivity index (χ4n) is 3.83. The molecule has 0 fully saturated rings. The van der Waals surface area contributed by atoms with Crippen LogP contribution >= 0.6 is 0 Å². The molecule has 0 saturated carbocycles. The molecule has 0 bridgehead atoms. The van der Waals surface area contributed by atoms with E-state index in [1.54, 1.807) is 0 Å². The monoisotopic (exact) mass is 406 g/mol. The van der Waals surface area contributed by atoms with Gasteiger partial charge >= 0.3 is 0 Å². The third kappa shape index (κ3) is 4.90. The van der Waals surface area contributed by atoms with E-state index in [2.05, 4.69) is 73.5 Å². The highest BCUT2D eigenvalue weighted by atomic mass is 16.1. The summed E-state index contributed by atoms with van der Waals surface area (Å²) >= 11 is 0. The molecule has 0 atom stereocenters. The van der Waals surface area contributed by atoms with Gasteiger partial charge in [0.1, 0.15) is 5.65 Å². The van der Waals surface area contributed by atoms with Crippen LogP contribution in [0.5, 0.6) is 0 Å². The first-order valence-corrected chi connectivity index (χ1v) is 11.0. The zero-order valence-electron chi connectivity index (χ0n) is 19.0. The fourth-order valence-corrected chi connectivity index (χ4v) is 3.83. The van der Waals surface area contributed by atoms with E-state index in [0.29, 0.717) is 13.0 Å². The first-order chi connectivity index (χ1) is 14.4. The molecule has 3 aromatic rings. The minimum atomic E-state index is 0.0444. The van der Waals surface area contributed by atoms with E-state index in [1.807, 2.05) is 12.3 Å². The van der Waals surface area contributed by atoms with Crippen LogP contribution < -0.4 is 5.32 Å². The van der Waals surface area contributed by atoms with Gasteiger partial charge in [-0.3, -0.25) is 4.79 Å². The van der Waals surface area contributed by atoms with Crippen molar-refractivity contribution in [3.8, 4) is 11.3 Å². The molecule has 0 spiro atoms. The largest absolute Gasteiger partial charge is 0.356 e. The van der Waals surface area contributed by atoms with Crippen LogP contribution in [0.25, 0.3) is 16.9 Å². The number of amides is 1. The summed E-state index contributed by atoms with van der Waals surface area (Å²) in [5, 5.41) is 3.10. The number of pyridine rings is 1. The Kier molecular flexibility index (Phi) is 7.27. The third-order valence-corrected chi connectivity index (χ3v) is 5.92. The number of hydrogen-bond acceptors (Lipinski definition) is 3. The second kappa shape index (κ2) is 9.90. The summed E-state index contributed by atoms with van der Waals surface area (Å²) < 4.78 is 2.06.